The van der Waals surface area contributed by atoms with E-state index in [9.17, 15) is 10.1 Å². The molecule has 5 rings (SSSR count). The molecule has 1 aliphatic rings. The third kappa shape index (κ3) is 5.80. The molecule has 2 aromatic heterocycles. The Morgan fingerprint density at radius 3 is 2.73 bits per heavy atom. The molecule has 0 amide bonds. The fourth-order valence-electron chi connectivity index (χ4n) is 5.68. The number of para-hydroxylation sites is 1. The van der Waals surface area contributed by atoms with Crippen LogP contribution >= 0.6 is 0 Å². The second-order valence-electron chi connectivity index (χ2n) is 11.2. The lowest BCUT2D eigenvalue weighted by atomic mass is 9.98. The highest BCUT2D eigenvalue weighted by Gasteiger charge is 2.25. The van der Waals surface area contributed by atoms with E-state index < -0.39 is 4.92 Å². The lowest BCUT2D eigenvalue weighted by Gasteiger charge is -2.23. The minimum absolute atomic E-state index is 0.0564. The molecule has 44 heavy (non-hydrogen) atoms. The van der Waals surface area contributed by atoms with Gasteiger partial charge < -0.3 is 35.1 Å². The molecular formula is C32H39N9O3. The van der Waals surface area contributed by atoms with Crippen LogP contribution in [0.5, 0.6) is 5.75 Å². The Morgan fingerprint density at radius 2 is 2.05 bits per heavy atom. The van der Waals surface area contributed by atoms with E-state index in [1.165, 1.54) is 30.5 Å². The largest absolute Gasteiger partial charge is 0.494 e. The van der Waals surface area contributed by atoms with Gasteiger partial charge in [-0.1, -0.05) is 18.2 Å². The van der Waals surface area contributed by atoms with Crippen LogP contribution in [0, 0.1) is 15.5 Å². The molecule has 0 unspecified atom stereocenters. The van der Waals surface area contributed by atoms with Crippen molar-refractivity contribution in [3.05, 3.63) is 69.7 Å². The third-order valence-electron chi connectivity index (χ3n) is 8.12. The molecule has 1 aliphatic heterocycles. The van der Waals surface area contributed by atoms with Crippen molar-refractivity contribution in [1.82, 2.24) is 24.8 Å². The van der Waals surface area contributed by atoms with Crippen LogP contribution in [-0.4, -0.2) is 79.0 Å². The maximum absolute atomic E-state index is 12.2. The Labute approximate surface area is 257 Å². The van der Waals surface area contributed by atoms with E-state index in [0.717, 1.165) is 42.6 Å². The van der Waals surface area contributed by atoms with Crippen molar-refractivity contribution in [3.63, 3.8) is 0 Å². The molecule has 230 valence electrons. The number of hydrogen-bond donors (Lipinski definition) is 3. The van der Waals surface area contributed by atoms with Crippen LogP contribution in [0.25, 0.3) is 27.7 Å². The van der Waals surface area contributed by atoms with E-state index in [1.807, 2.05) is 44.9 Å². The summed E-state index contributed by atoms with van der Waals surface area (Å²) in [4.78, 5) is 25.2. The third-order valence-corrected chi connectivity index (χ3v) is 8.12. The number of ether oxygens (including phenoxy) is 1. The molecule has 0 saturated carbocycles. The standard InChI is InChI=1S/C32H39N9O3/c1-20(34-2)23(17-33)24-18-35-32(37-30(24)25-19-40-12-8-10-21-9-7-11-22(25)31(21)40)36-26-15-28(41(42)43)27(16-29(26)44-6)39(5)14-13-38(3)4/h7,9,11,15-19,33-34H,8,10,12-14H2,1-6H3,(H,35,36,37)/b23-20+,33-17?. The summed E-state index contributed by atoms with van der Waals surface area (Å²) in [5.41, 5.74) is 7.05. The molecule has 0 radical (unpaired) electrons. The molecular weight excluding hydrogens is 558 g/mol. The number of allylic oxidation sites excluding steroid dienone is 2. The summed E-state index contributed by atoms with van der Waals surface area (Å²) in [6.07, 6.45) is 7.22. The molecule has 3 heterocycles. The number of methoxy groups -OCH3 is 1. The highest BCUT2D eigenvalue weighted by atomic mass is 16.6. The van der Waals surface area contributed by atoms with Gasteiger partial charge in [-0.2, -0.15) is 0 Å². The number of nitrogens with zero attached hydrogens (tertiary/aromatic N) is 6. The monoisotopic (exact) mass is 597 g/mol. The Balaban J connectivity index is 1.65. The predicted molar refractivity (Wildman–Crippen MR) is 176 cm³/mol. The van der Waals surface area contributed by atoms with Gasteiger partial charge in [0, 0.05) is 92.3 Å². The van der Waals surface area contributed by atoms with Crippen molar-refractivity contribution in [2.45, 2.75) is 26.3 Å². The van der Waals surface area contributed by atoms with Crippen LogP contribution in [0.15, 0.2) is 48.4 Å². The van der Waals surface area contributed by atoms with E-state index >= 15 is 0 Å². The van der Waals surface area contributed by atoms with E-state index in [-0.39, 0.29) is 11.6 Å². The summed E-state index contributed by atoms with van der Waals surface area (Å²) in [5.74, 6) is 0.679. The van der Waals surface area contributed by atoms with Gasteiger partial charge in [0.2, 0.25) is 5.95 Å². The first-order chi connectivity index (χ1) is 21.2. The normalized spacial score (nSPS) is 13.1. The molecule has 2 aromatic carbocycles. The molecule has 0 saturated heterocycles. The molecule has 12 heteroatoms. The maximum Gasteiger partial charge on any atom is 0.294 e. The number of nitro benzene ring substituents is 1. The zero-order valence-corrected chi connectivity index (χ0v) is 26.1. The van der Waals surface area contributed by atoms with Crippen LogP contribution in [-0.2, 0) is 13.0 Å². The Hall–Kier alpha value is -4.97. The summed E-state index contributed by atoms with van der Waals surface area (Å²) in [7, 11) is 9.09. The van der Waals surface area contributed by atoms with Gasteiger partial charge in [-0.3, -0.25) is 10.1 Å². The average Bonchev–Trinajstić information content (AvgIpc) is 3.40. The number of aryl methyl sites for hydroxylation is 2. The maximum atomic E-state index is 12.2. The Kier molecular flexibility index (Phi) is 8.81. The number of likely N-dealkylation sites (N-methyl/N-ethyl adjacent to an activating group) is 2. The Morgan fingerprint density at radius 1 is 1.25 bits per heavy atom. The van der Waals surface area contributed by atoms with Crippen LogP contribution < -0.4 is 20.3 Å². The fraction of sp³-hybridized carbons (Fsp3) is 0.344. The fourth-order valence-corrected chi connectivity index (χ4v) is 5.68. The second kappa shape index (κ2) is 12.7. The van der Waals surface area contributed by atoms with Crippen LogP contribution in [0.1, 0.15) is 24.5 Å². The van der Waals surface area contributed by atoms with Gasteiger partial charge in [0.25, 0.3) is 5.69 Å². The van der Waals surface area contributed by atoms with Gasteiger partial charge in [-0.25, -0.2) is 9.97 Å². The summed E-state index contributed by atoms with van der Waals surface area (Å²) in [5, 5.41) is 27.8. The second-order valence-corrected chi connectivity index (χ2v) is 11.2. The molecule has 12 nitrogen and oxygen atoms in total. The minimum Gasteiger partial charge on any atom is -0.494 e. The van der Waals surface area contributed by atoms with Crippen molar-refractivity contribution in [2.24, 2.45) is 0 Å². The van der Waals surface area contributed by atoms with Gasteiger partial charge in [0.1, 0.15) is 11.4 Å². The SMILES string of the molecule is CN/C(C)=C(\C=N)c1cnc(Nc2cc([N+](=O)[O-])c(N(C)CCN(C)C)cc2OC)nc1-c1cn2c3c(cccc13)CCC2. The van der Waals surface area contributed by atoms with Crippen LogP contribution in [0.2, 0.25) is 0 Å². The highest BCUT2D eigenvalue weighted by molar-refractivity contribution is 6.13. The predicted octanol–water partition coefficient (Wildman–Crippen LogP) is 5.30. The van der Waals surface area contributed by atoms with Crippen molar-refractivity contribution in [3.8, 4) is 17.0 Å². The zero-order valence-electron chi connectivity index (χ0n) is 26.1. The first-order valence-electron chi connectivity index (χ1n) is 14.5. The molecule has 0 fully saturated rings. The minimum atomic E-state index is -0.392. The molecule has 4 aromatic rings. The van der Waals surface area contributed by atoms with Gasteiger partial charge >= 0.3 is 0 Å². The number of rotatable bonds is 12. The molecule has 0 spiro atoms. The summed E-state index contributed by atoms with van der Waals surface area (Å²) < 4.78 is 7.95. The van der Waals surface area contributed by atoms with E-state index in [2.05, 4.69) is 44.6 Å². The van der Waals surface area contributed by atoms with E-state index in [1.54, 1.807) is 12.3 Å². The zero-order chi connectivity index (χ0) is 31.5. The number of nitro groups is 1. The molecule has 3 N–H and O–H groups in total. The number of aromatic nitrogens is 3. The smallest absolute Gasteiger partial charge is 0.294 e. The van der Waals surface area contributed by atoms with Crippen molar-refractivity contribution < 1.29 is 9.66 Å². The Bertz CT molecular complexity index is 1760. The first-order valence-corrected chi connectivity index (χ1v) is 14.5. The summed E-state index contributed by atoms with van der Waals surface area (Å²) in [6.45, 7) is 4.16. The number of nitrogens with one attached hydrogen (secondary N) is 3. The summed E-state index contributed by atoms with van der Waals surface area (Å²) >= 11 is 0. The van der Waals surface area contributed by atoms with Gasteiger partial charge in [-0.05, 0) is 39.4 Å². The lowest BCUT2D eigenvalue weighted by Crippen LogP contribution is -2.28. The average molecular weight is 598 g/mol. The highest BCUT2D eigenvalue weighted by Crippen LogP contribution is 2.41. The van der Waals surface area contributed by atoms with E-state index in [4.69, 9.17) is 15.1 Å². The van der Waals surface area contributed by atoms with E-state index in [0.29, 0.717) is 40.5 Å². The van der Waals surface area contributed by atoms with Crippen LogP contribution in [0.4, 0.5) is 23.0 Å². The van der Waals surface area contributed by atoms with Crippen molar-refractivity contribution in [2.75, 3.05) is 58.6 Å². The number of benzene rings is 2. The first kappa shape index (κ1) is 30.5. The number of hydrogen-bond acceptors (Lipinski definition) is 10. The van der Waals surface area contributed by atoms with Crippen LogP contribution in [0.3, 0.4) is 0 Å². The number of anilines is 3. The lowest BCUT2D eigenvalue weighted by molar-refractivity contribution is -0.384. The summed E-state index contributed by atoms with van der Waals surface area (Å²) in [6, 6.07) is 9.48. The quantitative estimate of drug-likeness (QED) is 0.113. The van der Waals surface area contributed by atoms with Crippen molar-refractivity contribution >= 4 is 45.7 Å². The molecule has 0 atom stereocenters. The molecule has 0 aliphatic carbocycles. The van der Waals surface area contributed by atoms with Crippen molar-refractivity contribution in [1.29, 1.82) is 5.41 Å². The van der Waals surface area contributed by atoms with Gasteiger partial charge in [0.05, 0.1) is 28.9 Å². The topological polar surface area (TPSA) is 137 Å². The van der Waals surface area contributed by atoms with Gasteiger partial charge in [0.15, 0.2) is 0 Å². The molecule has 0 bridgehead atoms. The van der Waals surface area contributed by atoms with Gasteiger partial charge in [-0.15, -0.1) is 0 Å².